The summed E-state index contributed by atoms with van der Waals surface area (Å²) < 4.78 is 5.18. The zero-order valence-corrected chi connectivity index (χ0v) is 11.4. The molecular weight excluding hydrogens is 275 g/mol. The van der Waals surface area contributed by atoms with Gasteiger partial charge in [-0.05, 0) is 23.5 Å². The second-order valence-corrected chi connectivity index (χ2v) is 4.77. The fourth-order valence-corrected chi connectivity index (χ4v) is 2.96. The molecule has 0 bridgehead atoms. The van der Waals surface area contributed by atoms with E-state index in [9.17, 15) is 0 Å². The van der Waals surface area contributed by atoms with E-state index in [2.05, 4.69) is 28.9 Å². The maximum absolute atomic E-state index is 6.18. The van der Waals surface area contributed by atoms with Gasteiger partial charge < -0.3 is 4.74 Å². The Balaban J connectivity index is 2.87. The van der Waals surface area contributed by atoms with Gasteiger partial charge in [-0.15, -0.1) is 0 Å². The van der Waals surface area contributed by atoms with Gasteiger partial charge >= 0.3 is 0 Å². The quantitative estimate of drug-likeness (QED) is 0.742. The minimum absolute atomic E-state index is 0.402. The van der Waals surface area contributed by atoms with E-state index in [0.717, 1.165) is 17.0 Å². The van der Waals surface area contributed by atoms with Crippen LogP contribution in [0.2, 0.25) is 5.02 Å². The summed E-state index contributed by atoms with van der Waals surface area (Å²) >= 11 is 9.72. The first-order valence-corrected chi connectivity index (χ1v) is 6.50. The van der Waals surface area contributed by atoms with Crippen LogP contribution in [0.3, 0.4) is 0 Å². The molecule has 1 aromatic carbocycles. The Kier molecular flexibility index (Phi) is 5.65. The maximum Gasteiger partial charge on any atom is 0.0494 e. The number of ether oxygens (including phenoxy) is 1. The number of hydrogen-bond acceptors (Lipinski definition) is 1. The van der Waals surface area contributed by atoms with Gasteiger partial charge in [0.15, 0.2) is 0 Å². The lowest BCUT2D eigenvalue weighted by molar-refractivity contribution is 0.150. The van der Waals surface area contributed by atoms with E-state index in [-0.39, 0.29) is 0 Å². The average Bonchev–Trinajstić information content (AvgIpc) is 2.22. The summed E-state index contributed by atoms with van der Waals surface area (Å²) in [6.07, 6.45) is 0. The summed E-state index contributed by atoms with van der Waals surface area (Å²) in [4.78, 5) is 0. The highest BCUT2D eigenvalue weighted by Crippen LogP contribution is 2.31. The van der Waals surface area contributed by atoms with Crippen LogP contribution < -0.4 is 0 Å². The van der Waals surface area contributed by atoms with E-state index in [1.54, 1.807) is 7.11 Å². The van der Waals surface area contributed by atoms with Crippen LogP contribution in [0.4, 0.5) is 0 Å². The molecule has 0 fully saturated rings. The third-order valence-corrected chi connectivity index (χ3v) is 3.63. The molecule has 1 rings (SSSR count). The van der Waals surface area contributed by atoms with Crippen LogP contribution in [0.25, 0.3) is 0 Å². The normalized spacial score (nSPS) is 14.9. The molecule has 15 heavy (non-hydrogen) atoms. The summed E-state index contributed by atoms with van der Waals surface area (Å²) in [7, 11) is 1.73. The van der Waals surface area contributed by atoms with E-state index in [0.29, 0.717) is 11.8 Å². The lowest BCUT2D eigenvalue weighted by Gasteiger charge is -2.22. The molecular formula is C12H16BrClO. The molecule has 1 aromatic rings. The summed E-state index contributed by atoms with van der Waals surface area (Å²) in [6, 6.07) is 8.00. The van der Waals surface area contributed by atoms with Gasteiger partial charge in [0, 0.05) is 24.1 Å². The van der Waals surface area contributed by atoms with Crippen LogP contribution in [0.1, 0.15) is 18.4 Å². The highest BCUT2D eigenvalue weighted by molar-refractivity contribution is 9.09. The Morgan fingerprint density at radius 3 is 2.60 bits per heavy atom. The summed E-state index contributed by atoms with van der Waals surface area (Å²) in [6.45, 7) is 2.93. The molecule has 3 heteroatoms. The minimum atomic E-state index is 0.402. The van der Waals surface area contributed by atoms with Crippen LogP contribution in [0.15, 0.2) is 24.3 Å². The van der Waals surface area contributed by atoms with Gasteiger partial charge in [-0.25, -0.2) is 0 Å². The number of benzene rings is 1. The molecule has 0 N–H and O–H groups in total. The van der Waals surface area contributed by atoms with E-state index < -0.39 is 0 Å². The van der Waals surface area contributed by atoms with Crippen LogP contribution in [-0.2, 0) is 4.74 Å². The fourth-order valence-electron chi connectivity index (χ4n) is 1.70. The molecule has 84 valence electrons. The van der Waals surface area contributed by atoms with Gasteiger partial charge in [0.05, 0.1) is 0 Å². The average molecular weight is 292 g/mol. The molecule has 0 amide bonds. The minimum Gasteiger partial charge on any atom is -0.384 e. The molecule has 0 heterocycles. The first-order chi connectivity index (χ1) is 7.20. The molecule has 0 spiro atoms. The zero-order valence-electron chi connectivity index (χ0n) is 9.04. The summed E-state index contributed by atoms with van der Waals surface area (Å²) in [5.41, 5.74) is 1.19. The summed E-state index contributed by atoms with van der Waals surface area (Å²) in [5, 5.41) is 1.74. The smallest absolute Gasteiger partial charge is 0.0494 e. The highest BCUT2D eigenvalue weighted by atomic mass is 79.9. The third-order valence-electron chi connectivity index (χ3n) is 2.59. The van der Waals surface area contributed by atoms with Gasteiger partial charge in [0.25, 0.3) is 0 Å². The van der Waals surface area contributed by atoms with Crippen molar-refractivity contribution >= 4 is 27.5 Å². The zero-order chi connectivity index (χ0) is 11.3. The molecule has 1 nitrogen and oxygen atoms in total. The van der Waals surface area contributed by atoms with Crippen molar-refractivity contribution < 1.29 is 4.74 Å². The van der Waals surface area contributed by atoms with Crippen molar-refractivity contribution in [2.45, 2.75) is 12.8 Å². The van der Waals surface area contributed by atoms with E-state index in [1.807, 2.05) is 18.2 Å². The van der Waals surface area contributed by atoms with Crippen molar-refractivity contribution in [2.24, 2.45) is 5.92 Å². The van der Waals surface area contributed by atoms with Crippen molar-refractivity contribution in [3.8, 4) is 0 Å². The van der Waals surface area contributed by atoms with Crippen molar-refractivity contribution in [3.05, 3.63) is 34.9 Å². The van der Waals surface area contributed by atoms with Crippen molar-refractivity contribution in [2.75, 3.05) is 19.0 Å². The largest absolute Gasteiger partial charge is 0.384 e. The van der Waals surface area contributed by atoms with E-state index in [1.165, 1.54) is 5.56 Å². The number of halogens is 2. The predicted octanol–water partition coefficient (Wildman–Crippen LogP) is 4.10. The Bertz CT molecular complexity index is 303. The van der Waals surface area contributed by atoms with Crippen molar-refractivity contribution in [1.29, 1.82) is 0 Å². The first-order valence-electron chi connectivity index (χ1n) is 5.00. The number of alkyl halides is 1. The molecule has 0 aliphatic rings. The van der Waals surface area contributed by atoms with Crippen molar-refractivity contribution in [1.82, 2.24) is 0 Å². The Hall–Kier alpha value is -0.0500. The molecule has 0 aliphatic heterocycles. The van der Waals surface area contributed by atoms with E-state index in [4.69, 9.17) is 16.3 Å². The van der Waals surface area contributed by atoms with Crippen LogP contribution in [0.5, 0.6) is 0 Å². The first kappa shape index (κ1) is 13.0. The summed E-state index contributed by atoms with van der Waals surface area (Å²) in [5.74, 6) is 0.855. The number of hydrogen-bond donors (Lipinski definition) is 0. The Morgan fingerprint density at radius 2 is 2.07 bits per heavy atom. The van der Waals surface area contributed by atoms with E-state index >= 15 is 0 Å². The maximum atomic E-state index is 6.18. The van der Waals surface area contributed by atoms with Gasteiger partial charge in [-0.3, -0.25) is 0 Å². The second kappa shape index (κ2) is 6.51. The lowest BCUT2D eigenvalue weighted by atomic mass is 9.89. The molecule has 0 saturated heterocycles. The third kappa shape index (κ3) is 3.47. The molecule has 2 unspecified atom stereocenters. The predicted molar refractivity (Wildman–Crippen MR) is 69.0 cm³/mol. The molecule has 0 aliphatic carbocycles. The standard InChI is InChI=1S/C12H16BrClO/c1-9(8-15-2)11(7-13)10-5-3-4-6-12(10)14/h3-6,9,11H,7-8H2,1-2H3. The molecule has 0 aromatic heterocycles. The second-order valence-electron chi connectivity index (χ2n) is 3.71. The monoisotopic (exact) mass is 290 g/mol. The Labute approximate surface area is 105 Å². The fraction of sp³-hybridized carbons (Fsp3) is 0.500. The molecule has 0 saturated carbocycles. The van der Waals surface area contributed by atoms with Gasteiger partial charge in [0.2, 0.25) is 0 Å². The number of rotatable bonds is 5. The Morgan fingerprint density at radius 1 is 1.40 bits per heavy atom. The van der Waals surface area contributed by atoms with Gasteiger partial charge in [-0.2, -0.15) is 0 Å². The van der Waals surface area contributed by atoms with Gasteiger partial charge in [-0.1, -0.05) is 52.7 Å². The van der Waals surface area contributed by atoms with Crippen LogP contribution in [-0.4, -0.2) is 19.0 Å². The molecule has 2 atom stereocenters. The SMILES string of the molecule is COCC(C)C(CBr)c1ccccc1Cl. The van der Waals surface area contributed by atoms with Gasteiger partial charge in [0.1, 0.15) is 0 Å². The topological polar surface area (TPSA) is 9.23 Å². The van der Waals surface area contributed by atoms with Crippen molar-refractivity contribution in [3.63, 3.8) is 0 Å². The highest BCUT2D eigenvalue weighted by Gasteiger charge is 2.20. The number of methoxy groups -OCH3 is 1. The lowest BCUT2D eigenvalue weighted by Crippen LogP contribution is -2.16. The van der Waals surface area contributed by atoms with Crippen LogP contribution >= 0.6 is 27.5 Å². The van der Waals surface area contributed by atoms with Crippen LogP contribution in [0, 0.1) is 5.92 Å². The molecule has 0 radical (unpaired) electrons.